The van der Waals surface area contributed by atoms with Crippen LogP contribution < -0.4 is 10.4 Å². The van der Waals surface area contributed by atoms with Gasteiger partial charge in [0.25, 0.3) is 0 Å². The van der Waals surface area contributed by atoms with E-state index in [9.17, 15) is 18.3 Å². The second-order valence-electron chi connectivity index (χ2n) is 6.69. The largest absolute Gasteiger partial charge is 0.506 e. The van der Waals surface area contributed by atoms with Gasteiger partial charge in [0.05, 0.1) is 23.7 Å². The number of hydrogen-bond acceptors (Lipinski definition) is 6. The van der Waals surface area contributed by atoms with Crippen molar-refractivity contribution in [2.75, 3.05) is 19.2 Å². The van der Waals surface area contributed by atoms with Crippen LogP contribution in [0.3, 0.4) is 0 Å². The summed E-state index contributed by atoms with van der Waals surface area (Å²) in [6.45, 7) is 0. The van der Waals surface area contributed by atoms with Gasteiger partial charge in [0.2, 0.25) is 0 Å². The summed E-state index contributed by atoms with van der Waals surface area (Å²) in [6, 6.07) is 8.67. The molecule has 0 spiro atoms. The quantitative estimate of drug-likeness (QED) is 0.597. The number of halogens is 4. The zero-order valence-corrected chi connectivity index (χ0v) is 16.6. The number of aliphatic hydroxyl groups excluding tert-OH is 1. The standard InChI is InChI=1S/C20H16ClF3N4O2/c1-28-19-16(25-14-9-12(21)7-8-13(14)26-19)18(30-2)17(29)15(27-28)10-3-5-11(6-4-10)20(22,23)24/h3-9,15,27,29H,1-2H3. The number of methoxy groups -OCH3 is 1. The Bertz CT molecular complexity index is 1150. The summed E-state index contributed by atoms with van der Waals surface area (Å²) in [5.74, 6) is 0.197. The van der Waals surface area contributed by atoms with Crippen LogP contribution in [-0.2, 0) is 10.9 Å². The second-order valence-corrected chi connectivity index (χ2v) is 7.12. The average molecular weight is 437 g/mol. The molecule has 10 heteroatoms. The van der Waals surface area contributed by atoms with Crippen LogP contribution in [0.2, 0.25) is 5.02 Å². The van der Waals surface area contributed by atoms with Gasteiger partial charge < -0.3 is 9.84 Å². The summed E-state index contributed by atoms with van der Waals surface area (Å²) < 4.78 is 44.1. The van der Waals surface area contributed by atoms with E-state index in [2.05, 4.69) is 15.4 Å². The van der Waals surface area contributed by atoms with Crippen molar-refractivity contribution in [2.24, 2.45) is 0 Å². The fourth-order valence-corrected chi connectivity index (χ4v) is 3.44. The zero-order chi connectivity index (χ0) is 21.6. The maximum atomic E-state index is 12.9. The maximum absolute atomic E-state index is 12.9. The van der Waals surface area contributed by atoms with Crippen molar-refractivity contribution in [3.05, 3.63) is 70.1 Å². The Morgan fingerprint density at radius 3 is 2.43 bits per heavy atom. The molecule has 4 rings (SSSR count). The molecule has 0 amide bonds. The molecule has 30 heavy (non-hydrogen) atoms. The molecule has 1 aliphatic rings. The average Bonchev–Trinajstić information content (AvgIpc) is 2.80. The number of aliphatic hydroxyl groups is 1. The van der Waals surface area contributed by atoms with Gasteiger partial charge in [0, 0.05) is 12.1 Å². The molecule has 0 saturated carbocycles. The Morgan fingerprint density at radius 2 is 1.80 bits per heavy atom. The first-order valence-electron chi connectivity index (χ1n) is 8.81. The van der Waals surface area contributed by atoms with E-state index in [1.807, 2.05) is 0 Å². The second kappa shape index (κ2) is 7.33. The third-order valence-corrected chi connectivity index (χ3v) is 4.98. The number of ether oxygens (including phenoxy) is 1. The minimum absolute atomic E-state index is 0.0566. The molecule has 0 saturated heterocycles. The van der Waals surface area contributed by atoms with Crippen LogP contribution in [0.25, 0.3) is 16.8 Å². The molecule has 0 fully saturated rings. The number of anilines is 1. The third-order valence-electron chi connectivity index (χ3n) is 4.74. The highest BCUT2D eigenvalue weighted by Gasteiger charge is 2.33. The molecule has 1 aliphatic heterocycles. The first-order valence-corrected chi connectivity index (χ1v) is 9.18. The van der Waals surface area contributed by atoms with E-state index in [0.29, 0.717) is 27.4 Å². The van der Waals surface area contributed by atoms with Gasteiger partial charge >= 0.3 is 6.18 Å². The summed E-state index contributed by atoms with van der Waals surface area (Å²) in [6.07, 6.45) is -4.45. The van der Waals surface area contributed by atoms with Crippen LogP contribution in [0.4, 0.5) is 19.0 Å². The lowest BCUT2D eigenvalue weighted by molar-refractivity contribution is -0.137. The van der Waals surface area contributed by atoms with E-state index >= 15 is 0 Å². The lowest BCUT2D eigenvalue weighted by Gasteiger charge is -2.24. The monoisotopic (exact) mass is 436 g/mol. The summed E-state index contributed by atoms with van der Waals surface area (Å²) in [5.41, 5.74) is 4.02. The minimum atomic E-state index is -4.45. The predicted molar refractivity (Wildman–Crippen MR) is 107 cm³/mol. The maximum Gasteiger partial charge on any atom is 0.416 e. The Labute approximate surface area is 174 Å². The first kappa shape index (κ1) is 20.2. The van der Waals surface area contributed by atoms with Gasteiger partial charge in [-0.05, 0) is 35.9 Å². The fraction of sp³-hybridized carbons (Fsp3) is 0.200. The molecule has 6 nitrogen and oxygen atoms in total. The van der Waals surface area contributed by atoms with Crippen LogP contribution in [-0.4, -0.2) is 29.2 Å². The van der Waals surface area contributed by atoms with Gasteiger partial charge in [-0.25, -0.2) is 15.4 Å². The molecule has 2 aromatic carbocycles. The number of aromatic nitrogens is 2. The summed E-state index contributed by atoms with van der Waals surface area (Å²) in [5, 5.41) is 13.0. The fourth-order valence-electron chi connectivity index (χ4n) is 3.27. The van der Waals surface area contributed by atoms with Crippen molar-refractivity contribution in [3.63, 3.8) is 0 Å². The molecule has 0 radical (unpaired) electrons. The molecule has 0 bridgehead atoms. The molecule has 1 aromatic heterocycles. The third kappa shape index (κ3) is 3.50. The topological polar surface area (TPSA) is 70.5 Å². The van der Waals surface area contributed by atoms with Crippen LogP contribution in [0.1, 0.15) is 22.9 Å². The number of hydrazine groups is 1. The first-order chi connectivity index (χ1) is 14.2. The van der Waals surface area contributed by atoms with Crippen molar-refractivity contribution < 1.29 is 23.0 Å². The van der Waals surface area contributed by atoms with Gasteiger partial charge in [0.1, 0.15) is 6.04 Å². The van der Waals surface area contributed by atoms with Crippen LogP contribution in [0.15, 0.2) is 48.2 Å². The molecule has 1 atom stereocenters. The van der Waals surface area contributed by atoms with Crippen molar-refractivity contribution in [1.29, 1.82) is 0 Å². The van der Waals surface area contributed by atoms with E-state index in [4.69, 9.17) is 16.3 Å². The number of rotatable bonds is 2. The summed E-state index contributed by atoms with van der Waals surface area (Å²) >= 11 is 6.05. The lowest BCUT2D eigenvalue weighted by atomic mass is 10.0. The molecular formula is C20H16ClF3N4O2. The molecular weight excluding hydrogens is 421 g/mol. The Hall–Kier alpha value is -3.04. The smallest absolute Gasteiger partial charge is 0.416 e. The van der Waals surface area contributed by atoms with E-state index in [-0.39, 0.29) is 17.2 Å². The number of nitrogens with one attached hydrogen (secondary N) is 1. The lowest BCUT2D eigenvalue weighted by Crippen LogP contribution is -2.38. The highest BCUT2D eigenvalue weighted by atomic mass is 35.5. The van der Waals surface area contributed by atoms with Crippen molar-refractivity contribution in [3.8, 4) is 0 Å². The molecule has 0 aliphatic carbocycles. The highest BCUT2D eigenvalue weighted by Crippen LogP contribution is 2.37. The number of nitrogens with zero attached hydrogens (tertiary/aromatic N) is 3. The van der Waals surface area contributed by atoms with Crippen LogP contribution in [0, 0.1) is 0 Å². The Kier molecular flexibility index (Phi) is 4.95. The van der Waals surface area contributed by atoms with Crippen molar-refractivity contribution in [1.82, 2.24) is 15.4 Å². The van der Waals surface area contributed by atoms with E-state index in [1.165, 1.54) is 19.2 Å². The van der Waals surface area contributed by atoms with E-state index < -0.39 is 17.8 Å². The van der Waals surface area contributed by atoms with Crippen LogP contribution in [0.5, 0.6) is 0 Å². The summed E-state index contributed by atoms with van der Waals surface area (Å²) in [4.78, 5) is 9.12. The Morgan fingerprint density at radius 1 is 1.10 bits per heavy atom. The normalized spacial score (nSPS) is 17.1. The van der Waals surface area contributed by atoms with Gasteiger partial charge in [0.15, 0.2) is 23.0 Å². The molecule has 3 aromatic rings. The van der Waals surface area contributed by atoms with E-state index in [0.717, 1.165) is 12.1 Å². The Balaban J connectivity index is 1.84. The number of alkyl halides is 3. The van der Waals surface area contributed by atoms with E-state index in [1.54, 1.807) is 30.3 Å². The highest BCUT2D eigenvalue weighted by molar-refractivity contribution is 6.31. The van der Waals surface area contributed by atoms with Crippen LogP contribution >= 0.6 is 11.6 Å². The minimum Gasteiger partial charge on any atom is -0.506 e. The number of benzene rings is 2. The van der Waals surface area contributed by atoms with Gasteiger partial charge in [-0.1, -0.05) is 23.7 Å². The number of hydrogen-bond donors (Lipinski definition) is 2. The zero-order valence-electron chi connectivity index (χ0n) is 15.8. The van der Waals surface area contributed by atoms with Gasteiger partial charge in [-0.2, -0.15) is 13.2 Å². The SMILES string of the molecule is COC1=C(O)C(c2ccc(C(F)(F)F)cc2)NN(C)c2nc3ccc(Cl)cc3nc21. The number of fused-ring (bicyclic) bond motifs is 2. The summed E-state index contributed by atoms with van der Waals surface area (Å²) in [7, 11) is 3.03. The van der Waals surface area contributed by atoms with Crippen molar-refractivity contribution >= 4 is 34.2 Å². The van der Waals surface area contributed by atoms with Gasteiger partial charge in [-0.15, -0.1) is 0 Å². The molecule has 156 valence electrons. The molecule has 1 unspecified atom stereocenters. The van der Waals surface area contributed by atoms with Gasteiger partial charge in [-0.3, -0.25) is 5.01 Å². The molecule has 2 N–H and O–H groups in total. The van der Waals surface area contributed by atoms with Crippen molar-refractivity contribution in [2.45, 2.75) is 12.2 Å². The predicted octanol–water partition coefficient (Wildman–Crippen LogP) is 4.87. The molecule has 2 heterocycles.